The molecule has 1 aliphatic rings. The summed E-state index contributed by atoms with van der Waals surface area (Å²) in [6.45, 7) is 3.98. The lowest BCUT2D eigenvalue weighted by Gasteiger charge is -2.37. The number of nitrogens with zero attached hydrogens (tertiary/aromatic N) is 5. The van der Waals surface area contributed by atoms with E-state index in [9.17, 15) is 4.79 Å². The van der Waals surface area contributed by atoms with Crippen molar-refractivity contribution >= 4 is 22.4 Å². The molecule has 0 aliphatic carbocycles. The molecule has 5 rings (SSSR count). The Morgan fingerprint density at radius 2 is 1.50 bits per heavy atom. The zero-order valence-electron chi connectivity index (χ0n) is 16.7. The van der Waals surface area contributed by atoms with Gasteiger partial charge in [-0.15, -0.1) is 0 Å². The Bertz CT molecular complexity index is 1210. The predicted molar refractivity (Wildman–Crippen MR) is 120 cm³/mol. The lowest BCUT2D eigenvalue weighted by molar-refractivity contribution is 0.602. The maximum absolute atomic E-state index is 12.3. The van der Waals surface area contributed by atoms with E-state index in [2.05, 4.69) is 44.1 Å². The number of hydrogen-bond acceptors (Lipinski definition) is 5. The SMILES string of the molecule is O=c1ccc(N2CCN(c3ccnc4ccccc34)CC2)nn1Cc1ccccc1. The topological polar surface area (TPSA) is 54.3 Å². The van der Waals surface area contributed by atoms with E-state index in [4.69, 9.17) is 0 Å². The van der Waals surface area contributed by atoms with Crippen LogP contribution in [0.15, 0.2) is 83.8 Å². The van der Waals surface area contributed by atoms with Crippen LogP contribution in [0.25, 0.3) is 10.9 Å². The van der Waals surface area contributed by atoms with Crippen LogP contribution in [-0.4, -0.2) is 40.9 Å². The van der Waals surface area contributed by atoms with E-state index in [1.807, 2.05) is 48.7 Å². The Balaban J connectivity index is 1.33. The summed E-state index contributed by atoms with van der Waals surface area (Å²) in [6.07, 6.45) is 1.88. The van der Waals surface area contributed by atoms with Crippen molar-refractivity contribution in [2.45, 2.75) is 6.54 Å². The van der Waals surface area contributed by atoms with Crippen molar-refractivity contribution < 1.29 is 0 Å². The summed E-state index contributed by atoms with van der Waals surface area (Å²) in [6, 6.07) is 23.8. The molecule has 0 unspecified atom stereocenters. The first-order valence-electron chi connectivity index (χ1n) is 10.2. The minimum Gasteiger partial charge on any atom is -0.367 e. The average molecular weight is 397 g/mol. The number of hydrogen-bond donors (Lipinski definition) is 0. The third kappa shape index (κ3) is 3.64. The molecule has 1 fully saturated rings. The summed E-state index contributed by atoms with van der Waals surface area (Å²) < 4.78 is 1.55. The van der Waals surface area contributed by atoms with Gasteiger partial charge in [0.25, 0.3) is 5.56 Å². The Hall–Kier alpha value is -3.67. The van der Waals surface area contributed by atoms with E-state index >= 15 is 0 Å². The zero-order valence-corrected chi connectivity index (χ0v) is 16.7. The molecule has 150 valence electrons. The van der Waals surface area contributed by atoms with Crippen molar-refractivity contribution in [1.29, 1.82) is 0 Å². The number of rotatable bonds is 4. The van der Waals surface area contributed by atoms with E-state index in [0.717, 1.165) is 43.1 Å². The quantitative estimate of drug-likeness (QED) is 0.529. The molecule has 4 aromatic rings. The van der Waals surface area contributed by atoms with E-state index < -0.39 is 0 Å². The van der Waals surface area contributed by atoms with Crippen molar-refractivity contribution in [3.8, 4) is 0 Å². The van der Waals surface area contributed by atoms with Gasteiger partial charge in [0.2, 0.25) is 0 Å². The van der Waals surface area contributed by atoms with Crippen LogP contribution in [0.3, 0.4) is 0 Å². The van der Waals surface area contributed by atoms with Crippen LogP contribution in [0.1, 0.15) is 5.56 Å². The maximum Gasteiger partial charge on any atom is 0.267 e. The third-order valence-electron chi connectivity index (χ3n) is 5.60. The molecule has 0 N–H and O–H groups in total. The molecule has 0 atom stereocenters. The van der Waals surface area contributed by atoms with Crippen molar-refractivity contribution in [3.05, 3.63) is 94.9 Å². The average Bonchev–Trinajstić information content (AvgIpc) is 2.81. The van der Waals surface area contributed by atoms with Gasteiger partial charge in [-0.2, -0.15) is 5.10 Å². The molecular weight excluding hydrogens is 374 g/mol. The molecular formula is C24H23N5O. The lowest BCUT2D eigenvalue weighted by atomic mass is 10.1. The highest BCUT2D eigenvalue weighted by molar-refractivity contribution is 5.91. The second-order valence-corrected chi connectivity index (χ2v) is 7.49. The molecule has 1 saturated heterocycles. The Morgan fingerprint density at radius 3 is 2.33 bits per heavy atom. The van der Waals surface area contributed by atoms with Gasteiger partial charge in [0, 0.05) is 49.5 Å². The van der Waals surface area contributed by atoms with Crippen LogP contribution in [0.5, 0.6) is 0 Å². The van der Waals surface area contributed by atoms with Gasteiger partial charge in [0.05, 0.1) is 12.1 Å². The van der Waals surface area contributed by atoms with Gasteiger partial charge in [-0.25, -0.2) is 4.68 Å². The maximum atomic E-state index is 12.3. The third-order valence-corrected chi connectivity index (χ3v) is 5.60. The highest BCUT2D eigenvalue weighted by atomic mass is 16.1. The van der Waals surface area contributed by atoms with Crippen LogP contribution in [0.2, 0.25) is 0 Å². The van der Waals surface area contributed by atoms with E-state index in [0.29, 0.717) is 6.54 Å². The Morgan fingerprint density at radius 1 is 0.767 bits per heavy atom. The minimum absolute atomic E-state index is 0.0792. The fourth-order valence-corrected chi connectivity index (χ4v) is 4.01. The molecule has 2 aromatic carbocycles. The fraction of sp³-hybridized carbons (Fsp3) is 0.208. The largest absolute Gasteiger partial charge is 0.367 e. The normalized spacial score (nSPS) is 14.3. The molecule has 6 heteroatoms. The number of benzene rings is 2. The van der Waals surface area contributed by atoms with Gasteiger partial charge < -0.3 is 9.80 Å². The van der Waals surface area contributed by atoms with Crippen molar-refractivity contribution in [2.24, 2.45) is 0 Å². The number of piperazine rings is 1. The molecule has 0 amide bonds. The van der Waals surface area contributed by atoms with Crippen molar-refractivity contribution in [3.63, 3.8) is 0 Å². The molecule has 0 spiro atoms. The minimum atomic E-state index is -0.0792. The summed E-state index contributed by atoms with van der Waals surface area (Å²) in [4.78, 5) is 21.4. The summed E-state index contributed by atoms with van der Waals surface area (Å²) in [5.74, 6) is 0.852. The number of para-hydroxylation sites is 1. The van der Waals surface area contributed by atoms with Crippen LogP contribution in [-0.2, 0) is 6.54 Å². The van der Waals surface area contributed by atoms with Gasteiger partial charge in [0.15, 0.2) is 0 Å². The summed E-state index contributed by atoms with van der Waals surface area (Å²) in [5, 5.41) is 5.82. The van der Waals surface area contributed by atoms with Crippen molar-refractivity contribution in [1.82, 2.24) is 14.8 Å². The Kier molecular flexibility index (Phi) is 4.89. The number of fused-ring (bicyclic) bond motifs is 1. The van der Waals surface area contributed by atoms with Gasteiger partial charge >= 0.3 is 0 Å². The van der Waals surface area contributed by atoms with Gasteiger partial charge in [-0.3, -0.25) is 9.78 Å². The van der Waals surface area contributed by atoms with E-state index in [-0.39, 0.29) is 5.56 Å². The molecule has 2 aromatic heterocycles. The highest BCUT2D eigenvalue weighted by Gasteiger charge is 2.20. The van der Waals surface area contributed by atoms with Crippen LogP contribution in [0, 0.1) is 0 Å². The number of anilines is 2. The first-order chi connectivity index (χ1) is 14.8. The summed E-state index contributed by atoms with van der Waals surface area (Å²) in [5.41, 5.74) is 3.23. The van der Waals surface area contributed by atoms with E-state index in [1.165, 1.54) is 11.1 Å². The molecule has 0 bridgehead atoms. The number of aromatic nitrogens is 3. The van der Waals surface area contributed by atoms with Gasteiger partial charge in [-0.05, 0) is 23.8 Å². The lowest BCUT2D eigenvalue weighted by Crippen LogP contribution is -2.47. The van der Waals surface area contributed by atoms with E-state index in [1.54, 1.807) is 10.7 Å². The van der Waals surface area contributed by atoms with Crippen LogP contribution in [0.4, 0.5) is 11.5 Å². The molecule has 3 heterocycles. The van der Waals surface area contributed by atoms with Gasteiger partial charge in [0.1, 0.15) is 5.82 Å². The van der Waals surface area contributed by atoms with Crippen LogP contribution >= 0.6 is 0 Å². The van der Waals surface area contributed by atoms with Gasteiger partial charge in [-0.1, -0.05) is 48.5 Å². The molecule has 30 heavy (non-hydrogen) atoms. The molecule has 0 saturated carbocycles. The Labute approximate surface area is 175 Å². The summed E-state index contributed by atoms with van der Waals surface area (Å²) in [7, 11) is 0. The summed E-state index contributed by atoms with van der Waals surface area (Å²) >= 11 is 0. The zero-order chi connectivity index (χ0) is 20.3. The standard InChI is InChI=1S/C24H23N5O/c30-24-11-10-23(26-29(24)18-19-6-2-1-3-7-19)28-16-14-27(15-17-28)22-12-13-25-21-9-5-4-8-20(21)22/h1-13H,14-18H2. The first kappa shape index (κ1) is 18.4. The monoisotopic (exact) mass is 397 g/mol. The first-order valence-corrected chi connectivity index (χ1v) is 10.2. The van der Waals surface area contributed by atoms with Crippen LogP contribution < -0.4 is 15.4 Å². The number of pyridine rings is 1. The molecule has 6 nitrogen and oxygen atoms in total. The molecule has 1 aliphatic heterocycles. The highest BCUT2D eigenvalue weighted by Crippen LogP contribution is 2.26. The molecule has 0 radical (unpaired) electrons. The second kappa shape index (κ2) is 7.99. The van der Waals surface area contributed by atoms with Crippen molar-refractivity contribution in [2.75, 3.05) is 36.0 Å². The smallest absolute Gasteiger partial charge is 0.267 e. The second-order valence-electron chi connectivity index (χ2n) is 7.49. The fourth-order valence-electron chi connectivity index (χ4n) is 4.01. The predicted octanol–water partition coefficient (Wildman–Crippen LogP) is 3.17.